The maximum atomic E-state index is 12.2. The highest BCUT2D eigenvalue weighted by molar-refractivity contribution is 6.32. The van der Waals surface area contributed by atoms with Crippen LogP contribution in [0.4, 0.5) is 5.82 Å². The summed E-state index contributed by atoms with van der Waals surface area (Å²) >= 11 is 6.37. The minimum Gasteiger partial charge on any atom is -0.489 e. The highest BCUT2D eigenvalue weighted by Gasteiger charge is 2.20. The lowest BCUT2D eigenvalue weighted by Crippen LogP contribution is -2.24. The molecular formula is C30H30ClN9O2. The van der Waals surface area contributed by atoms with E-state index in [0.717, 1.165) is 63.6 Å². The molecular weight excluding hydrogens is 554 g/mol. The summed E-state index contributed by atoms with van der Waals surface area (Å²) in [4.78, 5) is 21.4. The van der Waals surface area contributed by atoms with E-state index in [1.54, 1.807) is 12.4 Å². The highest BCUT2D eigenvalue weighted by Crippen LogP contribution is 2.32. The number of aromatic nitrogens is 6. The number of amides is 1. The molecule has 0 spiro atoms. The van der Waals surface area contributed by atoms with Crippen molar-refractivity contribution in [1.82, 2.24) is 41.2 Å². The lowest BCUT2D eigenvalue weighted by atomic mass is 9.96. The van der Waals surface area contributed by atoms with E-state index in [4.69, 9.17) is 21.3 Å². The van der Waals surface area contributed by atoms with Gasteiger partial charge >= 0.3 is 0 Å². The Morgan fingerprint density at radius 1 is 1.10 bits per heavy atom. The average molecular weight is 584 g/mol. The fourth-order valence-electron chi connectivity index (χ4n) is 4.70. The third kappa shape index (κ3) is 6.41. The number of carbonyl (C=O) groups excluding carboxylic acids is 1. The number of H-pyrrole nitrogens is 1. The van der Waals surface area contributed by atoms with Crippen molar-refractivity contribution in [2.75, 3.05) is 18.4 Å². The number of nitrogens with zero attached hydrogens (tertiary/aromatic N) is 5. The SMILES string of the molecule is O=C(C=CNCc1ccc(OC2CCC2)c(Cl)c1)NCCCNc1nc2cc(-c3nn[nH]n3)ccc2c2cnccc12. The second-order valence-electron chi connectivity index (χ2n) is 10.1. The van der Waals surface area contributed by atoms with Crippen LogP contribution in [0.3, 0.4) is 0 Å². The fraction of sp³-hybridized carbons (Fsp3) is 0.267. The standard InChI is InChI=1S/C30H30ClN9O2/c31-25-15-19(5-8-27(25)42-21-3-1-4-21)17-32-14-10-28(41)34-11-2-12-35-30-23-9-13-33-18-24(23)22-7-6-20(16-26(22)36-30)29-37-39-40-38-29/h5-10,13-16,18,21,32H,1-4,11-12,17H2,(H,34,41)(H,35,36)(H,37,38,39,40). The molecule has 1 aliphatic carbocycles. The van der Waals surface area contributed by atoms with Gasteiger partial charge in [0.2, 0.25) is 11.7 Å². The molecule has 0 saturated heterocycles. The number of hydrogen-bond acceptors (Lipinski definition) is 9. The summed E-state index contributed by atoms with van der Waals surface area (Å²) in [7, 11) is 0. The molecule has 1 aliphatic rings. The molecule has 1 saturated carbocycles. The molecule has 1 amide bonds. The number of anilines is 1. The van der Waals surface area contributed by atoms with Gasteiger partial charge in [-0.25, -0.2) is 4.98 Å². The first-order chi connectivity index (χ1) is 20.6. The molecule has 1 fully saturated rings. The number of fused-ring (bicyclic) bond motifs is 3. The van der Waals surface area contributed by atoms with Gasteiger partial charge in [-0.15, -0.1) is 10.2 Å². The zero-order chi connectivity index (χ0) is 28.7. The summed E-state index contributed by atoms with van der Waals surface area (Å²) in [5.74, 6) is 1.82. The maximum Gasteiger partial charge on any atom is 0.245 e. The summed E-state index contributed by atoms with van der Waals surface area (Å²) in [5, 5.41) is 27.3. The normalized spacial score (nSPS) is 13.4. The molecule has 3 aromatic heterocycles. The van der Waals surface area contributed by atoms with Gasteiger partial charge in [-0.1, -0.05) is 29.8 Å². The maximum absolute atomic E-state index is 12.2. The Bertz CT molecular complexity index is 1720. The fourth-order valence-corrected chi connectivity index (χ4v) is 4.95. The van der Waals surface area contributed by atoms with Gasteiger partial charge in [-0.2, -0.15) is 5.21 Å². The first-order valence-electron chi connectivity index (χ1n) is 13.9. The number of nitrogens with one attached hydrogen (secondary N) is 4. The van der Waals surface area contributed by atoms with E-state index in [2.05, 4.69) is 41.6 Å². The molecule has 0 bridgehead atoms. The van der Waals surface area contributed by atoms with Crippen molar-refractivity contribution < 1.29 is 9.53 Å². The average Bonchev–Trinajstić information content (AvgIpc) is 3.53. The van der Waals surface area contributed by atoms with Gasteiger partial charge in [0.1, 0.15) is 11.6 Å². The molecule has 6 rings (SSSR count). The number of hydrogen-bond donors (Lipinski definition) is 4. The number of ether oxygens (including phenoxy) is 1. The van der Waals surface area contributed by atoms with Crippen molar-refractivity contribution in [1.29, 1.82) is 0 Å². The van der Waals surface area contributed by atoms with E-state index >= 15 is 0 Å². The van der Waals surface area contributed by atoms with E-state index in [1.807, 2.05) is 48.7 Å². The van der Waals surface area contributed by atoms with Crippen LogP contribution in [0.1, 0.15) is 31.2 Å². The second-order valence-corrected chi connectivity index (χ2v) is 10.5. The quantitative estimate of drug-likeness (QED) is 0.0927. The third-order valence-electron chi connectivity index (χ3n) is 7.15. The Labute approximate surface area is 247 Å². The largest absolute Gasteiger partial charge is 0.489 e. The molecule has 5 aromatic rings. The van der Waals surface area contributed by atoms with Gasteiger partial charge < -0.3 is 20.7 Å². The molecule has 11 nitrogen and oxygen atoms in total. The Hall–Kier alpha value is -4.77. The summed E-state index contributed by atoms with van der Waals surface area (Å²) in [6.45, 7) is 1.70. The van der Waals surface area contributed by atoms with Crippen molar-refractivity contribution in [3.63, 3.8) is 0 Å². The topological polar surface area (TPSA) is 143 Å². The molecule has 42 heavy (non-hydrogen) atoms. The van der Waals surface area contributed by atoms with Gasteiger partial charge in [0.05, 0.1) is 16.6 Å². The predicted octanol–water partition coefficient (Wildman–Crippen LogP) is 4.77. The number of tetrazole rings is 1. The monoisotopic (exact) mass is 583 g/mol. The van der Waals surface area contributed by atoms with Crippen molar-refractivity contribution in [2.45, 2.75) is 38.3 Å². The molecule has 214 valence electrons. The van der Waals surface area contributed by atoms with Gasteiger partial charge in [0, 0.05) is 66.0 Å². The lowest BCUT2D eigenvalue weighted by molar-refractivity contribution is -0.116. The first-order valence-corrected chi connectivity index (χ1v) is 14.3. The molecule has 2 aromatic carbocycles. The van der Waals surface area contributed by atoms with E-state index in [0.29, 0.717) is 30.5 Å². The minimum absolute atomic E-state index is 0.167. The van der Waals surface area contributed by atoms with Gasteiger partial charge in [0.15, 0.2) is 0 Å². The molecule has 0 atom stereocenters. The van der Waals surface area contributed by atoms with Crippen LogP contribution in [0.25, 0.3) is 33.1 Å². The smallest absolute Gasteiger partial charge is 0.245 e. The van der Waals surface area contributed by atoms with Crippen LogP contribution in [0.15, 0.2) is 67.1 Å². The number of halogens is 1. The molecule has 0 radical (unpaired) electrons. The summed E-state index contributed by atoms with van der Waals surface area (Å²) in [5.41, 5.74) is 2.62. The van der Waals surface area contributed by atoms with E-state index in [-0.39, 0.29) is 12.0 Å². The van der Waals surface area contributed by atoms with E-state index < -0.39 is 0 Å². The Morgan fingerprint density at radius 2 is 2.02 bits per heavy atom. The van der Waals surface area contributed by atoms with Crippen LogP contribution >= 0.6 is 11.6 Å². The zero-order valence-corrected chi connectivity index (χ0v) is 23.6. The molecule has 4 N–H and O–H groups in total. The summed E-state index contributed by atoms with van der Waals surface area (Å²) < 4.78 is 5.89. The minimum atomic E-state index is -0.167. The van der Waals surface area contributed by atoms with Gasteiger partial charge in [0.25, 0.3) is 0 Å². The number of carbonyl (C=O) groups is 1. The van der Waals surface area contributed by atoms with Crippen molar-refractivity contribution in [3.05, 3.63) is 77.7 Å². The Kier molecular flexibility index (Phi) is 8.36. The predicted molar refractivity (Wildman–Crippen MR) is 162 cm³/mol. The van der Waals surface area contributed by atoms with Crippen LogP contribution in [-0.4, -0.2) is 55.7 Å². The van der Waals surface area contributed by atoms with Crippen LogP contribution in [0.2, 0.25) is 5.02 Å². The zero-order valence-electron chi connectivity index (χ0n) is 22.8. The van der Waals surface area contributed by atoms with Crippen LogP contribution in [-0.2, 0) is 11.3 Å². The van der Waals surface area contributed by atoms with Gasteiger partial charge in [-0.3, -0.25) is 9.78 Å². The first kappa shape index (κ1) is 27.4. The second kappa shape index (κ2) is 12.8. The van der Waals surface area contributed by atoms with Crippen LogP contribution in [0, 0.1) is 0 Å². The highest BCUT2D eigenvalue weighted by atomic mass is 35.5. The molecule has 12 heteroatoms. The Balaban J connectivity index is 0.974. The van der Waals surface area contributed by atoms with Crippen molar-refractivity contribution in [3.8, 4) is 17.1 Å². The molecule has 0 aliphatic heterocycles. The van der Waals surface area contributed by atoms with E-state index in [9.17, 15) is 4.79 Å². The summed E-state index contributed by atoms with van der Waals surface area (Å²) in [6, 6.07) is 13.6. The van der Waals surface area contributed by atoms with E-state index in [1.165, 1.54) is 12.5 Å². The number of rotatable bonds is 12. The molecule has 3 heterocycles. The molecule has 0 unspecified atom stereocenters. The number of benzene rings is 2. The Morgan fingerprint density at radius 3 is 2.83 bits per heavy atom. The van der Waals surface area contributed by atoms with Crippen LogP contribution < -0.4 is 20.7 Å². The van der Waals surface area contributed by atoms with Crippen molar-refractivity contribution >= 4 is 45.0 Å². The summed E-state index contributed by atoms with van der Waals surface area (Å²) in [6.07, 6.45) is 11.1. The van der Waals surface area contributed by atoms with Crippen LogP contribution in [0.5, 0.6) is 5.75 Å². The number of aromatic amines is 1. The number of pyridine rings is 2. The third-order valence-corrected chi connectivity index (χ3v) is 7.44. The van der Waals surface area contributed by atoms with Gasteiger partial charge in [-0.05, 0) is 60.7 Å². The van der Waals surface area contributed by atoms with Crippen molar-refractivity contribution in [2.24, 2.45) is 0 Å². The lowest BCUT2D eigenvalue weighted by Gasteiger charge is -2.26.